The van der Waals surface area contributed by atoms with Gasteiger partial charge in [-0.15, -0.1) is 6.42 Å². The molecule has 0 aliphatic carbocycles. The van der Waals surface area contributed by atoms with Gasteiger partial charge in [-0.1, -0.05) is 73.5 Å². The van der Waals surface area contributed by atoms with Crippen LogP contribution in [-0.4, -0.2) is 36.4 Å². The first-order valence-electron chi connectivity index (χ1n) is 10.3. The fourth-order valence-electron chi connectivity index (χ4n) is 3.74. The lowest BCUT2D eigenvalue weighted by atomic mass is 9.91. The van der Waals surface area contributed by atoms with Crippen LogP contribution in [0.25, 0.3) is 0 Å². The SMILES string of the molecule is C#C[C@H]1O[C@H](CC)[C@H](OCc2ccccc2)[C@H](OCc2ccccc2)[C@H]1NC(C)=O. The Kier molecular flexibility index (Phi) is 8.04. The Morgan fingerprint density at radius 1 is 1.00 bits per heavy atom. The van der Waals surface area contributed by atoms with Crippen LogP contribution in [0.3, 0.4) is 0 Å². The Morgan fingerprint density at radius 2 is 1.53 bits per heavy atom. The number of rotatable bonds is 8. The maximum Gasteiger partial charge on any atom is 0.217 e. The molecule has 5 nitrogen and oxygen atoms in total. The van der Waals surface area contributed by atoms with E-state index >= 15 is 0 Å². The summed E-state index contributed by atoms with van der Waals surface area (Å²) in [4.78, 5) is 11.9. The highest BCUT2D eigenvalue weighted by Crippen LogP contribution is 2.29. The van der Waals surface area contributed by atoms with E-state index in [0.29, 0.717) is 13.2 Å². The Balaban J connectivity index is 1.84. The van der Waals surface area contributed by atoms with E-state index in [4.69, 9.17) is 20.6 Å². The summed E-state index contributed by atoms with van der Waals surface area (Å²) >= 11 is 0. The number of nitrogens with one attached hydrogen (secondary N) is 1. The van der Waals surface area contributed by atoms with Crippen molar-refractivity contribution in [3.05, 3.63) is 71.8 Å². The van der Waals surface area contributed by atoms with Crippen molar-refractivity contribution in [2.45, 2.75) is 63.9 Å². The van der Waals surface area contributed by atoms with Gasteiger partial charge < -0.3 is 19.5 Å². The van der Waals surface area contributed by atoms with Crippen molar-refractivity contribution in [2.75, 3.05) is 0 Å². The summed E-state index contributed by atoms with van der Waals surface area (Å²) in [6.45, 7) is 4.31. The molecule has 2 aromatic carbocycles. The first kappa shape index (κ1) is 22.0. The molecule has 0 radical (unpaired) electrons. The van der Waals surface area contributed by atoms with Crippen LogP contribution in [0.5, 0.6) is 0 Å². The Morgan fingerprint density at radius 3 is 2.00 bits per heavy atom. The molecule has 1 heterocycles. The minimum atomic E-state index is -0.587. The largest absolute Gasteiger partial charge is 0.368 e. The van der Waals surface area contributed by atoms with Crippen molar-refractivity contribution in [1.82, 2.24) is 5.32 Å². The predicted molar refractivity (Wildman–Crippen MR) is 115 cm³/mol. The zero-order valence-corrected chi connectivity index (χ0v) is 17.5. The molecule has 1 saturated heterocycles. The average Bonchev–Trinajstić information content (AvgIpc) is 2.77. The lowest BCUT2D eigenvalue weighted by Crippen LogP contribution is -2.64. The maximum atomic E-state index is 11.9. The van der Waals surface area contributed by atoms with Gasteiger partial charge in [0.2, 0.25) is 5.91 Å². The van der Waals surface area contributed by atoms with Crippen LogP contribution in [0.2, 0.25) is 0 Å². The van der Waals surface area contributed by atoms with Crippen molar-refractivity contribution < 1.29 is 19.0 Å². The molecule has 0 aromatic heterocycles. The normalized spacial score (nSPS) is 26.0. The van der Waals surface area contributed by atoms with E-state index < -0.39 is 18.2 Å². The van der Waals surface area contributed by atoms with Crippen LogP contribution in [0, 0.1) is 12.3 Å². The van der Waals surface area contributed by atoms with Gasteiger partial charge in [-0.05, 0) is 17.5 Å². The minimum absolute atomic E-state index is 0.186. The highest BCUT2D eigenvalue weighted by atomic mass is 16.6. The number of amides is 1. The Bertz CT molecular complexity index is 833. The molecule has 5 heteroatoms. The molecule has 5 atom stereocenters. The van der Waals surface area contributed by atoms with Crippen LogP contribution >= 0.6 is 0 Å². The summed E-state index contributed by atoms with van der Waals surface area (Å²) in [5, 5.41) is 2.93. The number of hydrogen-bond acceptors (Lipinski definition) is 4. The van der Waals surface area contributed by atoms with Crippen LogP contribution < -0.4 is 5.32 Å². The van der Waals surface area contributed by atoms with E-state index in [2.05, 4.69) is 11.2 Å². The van der Waals surface area contributed by atoms with Crippen molar-refractivity contribution in [1.29, 1.82) is 0 Å². The number of ether oxygens (including phenoxy) is 3. The number of hydrogen-bond donors (Lipinski definition) is 1. The average molecular weight is 408 g/mol. The quantitative estimate of drug-likeness (QED) is 0.681. The molecule has 0 bridgehead atoms. The second kappa shape index (κ2) is 10.9. The summed E-state index contributed by atoms with van der Waals surface area (Å²) in [7, 11) is 0. The summed E-state index contributed by atoms with van der Waals surface area (Å²) in [6.07, 6.45) is 4.82. The lowest BCUT2D eigenvalue weighted by Gasteiger charge is -2.45. The second-order valence-corrected chi connectivity index (χ2v) is 7.42. The molecule has 1 aliphatic heterocycles. The summed E-state index contributed by atoms with van der Waals surface area (Å²) < 4.78 is 18.8. The van der Waals surface area contributed by atoms with Crippen molar-refractivity contribution in [3.63, 3.8) is 0 Å². The third kappa shape index (κ3) is 5.70. The first-order chi connectivity index (χ1) is 14.6. The molecule has 0 spiro atoms. The highest BCUT2D eigenvalue weighted by Gasteiger charge is 2.46. The third-order valence-corrected chi connectivity index (χ3v) is 5.20. The smallest absolute Gasteiger partial charge is 0.217 e. The minimum Gasteiger partial charge on any atom is -0.368 e. The molecule has 1 fully saturated rings. The Hall–Kier alpha value is -2.65. The van der Waals surface area contributed by atoms with E-state index in [1.807, 2.05) is 67.6 Å². The third-order valence-electron chi connectivity index (χ3n) is 5.20. The molecule has 0 unspecified atom stereocenters. The van der Waals surface area contributed by atoms with Crippen molar-refractivity contribution in [3.8, 4) is 12.3 Å². The highest BCUT2D eigenvalue weighted by molar-refractivity contribution is 5.73. The van der Waals surface area contributed by atoms with Gasteiger partial charge in [0.25, 0.3) is 0 Å². The Labute approximate surface area is 178 Å². The van der Waals surface area contributed by atoms with E-state index in [1.54, 1.807) is 0 Å². The summed E-state index contributed by atoms with van der Waals surface area (Å²) in [5.41, 5.74) is 2.10. The van der Waals surface area contributed by atoms with E-state index in [1.165, 1.54) is 6.92 Å². The molecule has 0 saturated carbocycles. The monoisotopic (exact) mass is 407 g/mol. The fraction of sp³-hybridized carbons (Fsp3) is 0.400. The lowest BCUT2D eigenvalue weighted by molar-refractivity contribution is -0.210. The van der Waals surface area contributed by atoms with Gasteiger partial charge in [0.1, 0.15) is 18.3 Å². The molecular formula is C25H29NO4. The number of carbonyl (C=O) groups excluding carboxylic acids is 1. The molecule has 1 amide bonds. The number of terminal acetylenes is 1. The first-order valence-corrected chi connectivity index (χ1v) is 10.3. The summed E-state index contributed by atoms with van der Waals surface area (Å²) in [6, 6.07) is 19.4. The van der Waals surface area contributed by atoms with Crippen LogP contribution in [0.4, 0.5) is 0 Å². The molecule has 3 rings (SSSR count). The zero-order valence-electron chi connectivity index (χ0n) is 17.5. The summed E-state index contributed by atoms with van der Waals surface area (Å²) in [5.74, 6) is 2.49. The molecule has 1 N–H and O–H groups in total. The van der Waals surface area contributed by atoms with Crippen LogP contribution in [-0.2, 0) is 32.2 Å². The molecule has 2 aromatic rings. The van der Waals surface area contributed by atoms with Gasteiger partial charge in [-0.3, -0.25) is 4.79 Å². The van der Waals surface area contributed by atoms with E-state index in [9.17, 15) is 4.79 Å². The maximum absolute atomic E-state index is 11.9. The molecular weight excluding hydrogens is 378 g/mol. The van der Waals surface area contributed by atoms with E-state index in [-0.39, 0.29) is 18.1 Å². The number of carbonyl (C=O) groups is 1. The second-order valence-electron chi connectivity index (χ2n) is 7.42. The standard InChI is InChI=1S/C25H29NO4/c1-4-21-23(26-18(3)27)25(29-17-20-14-10-7-11-15-20)24(22(5-2)30-21)28-16-19-12-8-6-9-13-19/h1,6-15,21-25H,5,16-17H2,2-3H3,(H,26,27)/t21-,22-,23+,24+,25-/m1/s1. The van der Waals surface area contributed by atoms with Crippen molar-refractivity contribution in [2.24, 2.45) is 0 Å². The van der Waals surface area contributed by atoms with E-state index in [0.717, 1.165) is 17.5 Å². The van der Waals surface area contributed by atoms with Gasteiger partial charge in [0.15, 0.2) is 0 Å². The van der Waals surface area contributed by atoms with Crippen molar-refractivity contribution >= 4 is 5.91 Å². The van der Waals surface area contributed by atoms with Crippen LogP contribution in [0.15, 0.2) is 60.7 Å². The van der Waals surface area contributed by atoms with Gasteiger partial charge in [-0.2, -0.15) is 0 Å². The predicted octanol–water partition coefficient (Wildman–Crippen LogP) is 3.47. The molecule has 1 aliphatic rings. The molecule has 158 valence electrons. The van der Waals surface area contributed by atoms with Gasteiger partial charge >= 0.3 is 0 Å². The van der Waals surface area contributed by atoms with Gasteiger partial charge in [-0.25, -0.2) is 0 Å². The van der Waals surface area contributed by atoms with Crippen LogP contribution in [0.1, 0.15) is 31.4 Å². The van der Waals surface area contributed by atoms with Gasteiger partial charge in [0.05, 0.1) is 25.4 Å². The van der Waals surface area contributed by atoms with Gasteiger partial charge in [0, 0.05) is 6.92 Å². The zero-order chi connectivity index (χ0) is 21.3. The number of benzene rings is 2. The fourth-order valence-corrected chi connectivity index (χ4v) is 3.74. The topological polar surface area (TPSA) is 56.8 Å². The molecule has 30 heavy (non-hydrogen) atoms.